The number of carbonyl (C=O) groups is 1. The second-order valence-electron chi connectivity index (χ2n) is 5.43. The van der Waals surface area contributed by atoms with E-state index in [-0.39, 0.29) is 11.2 Å². The first-order valence-corrected chi connectivity index (χ1v) is 10.9. The summed E-state index contributed by atoms with van der Waals surface area (Å²) in [5, 5.41) is 11.1. The molecule has 0 saturated carbocycles. The number of aromatic nitrogens is 2. The number of hydrogen-bond donors (Lipinski definition) is 1. The molecule has 1 atom stereocenters. The zero-order valence-electron chi connectivity index (χ0n) is 14.5. The molecular weight excluding hydrogens is 382 g/mol. The molecule has 1 amide bonds. The van der Waals surface area contributed by atoms with Crippen molar-refractivity contribution in [3.05, 3.63) is 54.6 Å². The lowest BCUT2D eigenvalue weighted by molar-refractivity contribution is -0.115. The Balaban J connectivity index is 1.69. The van der Waals surface area contributed by atoms with Gasteiger partial charge in [-0.3, -0.25) is 4.79 Å². The first kappa shape index (κ1) is 18.9. The summed E-state index contributed by atoms with van der Waals surface area (Å²) in [6, 6.07) is 17.9. The number of amides is 1. The van der Waals surface area contributed by atoms with Crippen LogP contribution in [0.2, 0.25) is 0 Å². The van der Waals surface area contributed by atoms with E-state index < -0.39 is 0 Å². The molecule has 7 heteroatoms. The predicted octanol–water partition coefficient (Wildman–Crippen LogP) is 5.44. The highest BCUT2D eigenvalue weighted by molar-refractivity contribution is 8.03. The molecule has 3 rings (SSSR count). The second-order valence-corrected chi connectivity index (χ2v) is 9.50. The second kappa shape index (κ2) is 9.21. The van der Waals surface area contributed by atoms with Gasteiger partial charge in [-0.25, -0.2) is 0 Å². The van der Waals surface area contributed by atoms with Crippen molar-refractivity contribution >= 4 is 46.5 Å². The van der Waals surface area contributed by atoms with Crippen LogP contribution in [-0.2, 0) is 4.79 Å². The molecule has 2 aromatic carbocycles. The molecule has 0 bridgehead atoms. The summed E-state index contributed by atoms with van der Waals surface area (Å²) < 4.78 is 1.76. The smallest absolute Gasteiger partial charge is 0.237 e. The highest BCUT2D eigenvalue weighted by Gasteiger charge is 2.18. The third-order valence-corrected chi connectivity index (χ3v) is 6.70. The lowest BCUT2D eigenvalue weighted by Crippen LogP contribution is -2.22. The van der Waals surface area contributed by atoms with E-state index in [0.29, 0.717) is 0 Å². The van der Waals surface area contributed by atoms with Crippen LogP contribution in [0.25, 0.3) is 11.1 Å². The van der Waals surface area contributed by atoms with Crippen molar-refractivity contribution < 1.29 is 4.79 Å². The SMILES string of the molecule is CCSc1nnc(S[C@@H](C)C(=O)Nc2ccccc2-c2ccccc2)s1. The predicted molar refractivity (Wildman–Crippen MR) is 112 cm³/mol. The zero-order chi connectivity index (χ0) is 18.4. The lowest BCUT2D eigenvalue weighted by atomic mass is 10.0. The Labute approximate surface area is 165 Å². The van der Waals surface area contributed by atoms with E-state index in [2.05, 4.69) is 22.4 Å². The number of rotatable bonds is 7. The summed E-state index contributed by atoms with van der Waals surface area (Å²) in [6.45, 7) is 3.97. The Bertz CT molecular complexity index is 867. The van der Waals surface area contributed by atoms with Crippen LogP contribution in [-0.4, -0.2) is 27.1 Å². The number of para-hydroxylation sites is 1. The summed E-state index contributed by atoms with van der Waals surface area (Å²) >= 11 is 4.64. The Morgan fingerprint density at radius 1 is 1.08 bits per heavy atom. The van der Waals surface area contributed by atoms with Gasteiger partial charge in [-0.1, -0.05) is 90.3 Å². The van der Waals surface area contributed by atoms with Crippen molar-refractivity contribution in [3.63, 3.8) is 0 Å². The fourth-order valence-electron chi connectivity index (χ4n) is 2.33. The van der Waals surface area contributed by atoms with Crippen LogP contribution in [0, 0.1) is 0 Å². The van der Waals surface area contributed by atoms with E-state index in [9.17, 15) is 4.79 Å². The lowest BCUT2D eigenvalue weighted by Gasteiger charge is -2.14. The molecule has 26 heavy (non-hydrogen) atoms. The minimum Gasteiger partial charge on any atom is -0.325 e. The van der Waals surface area contributed by atoms with Gasteiger partial charge >= 0.3 is 0 Å². The molecular formula is C19H19N3OS3. The van der Waals surface area contributed by atoms with Crippen molar-refractivity contribution in [1.82, 2.24) is 10.2 Å². The highest BCUT2D eigenvalue weighted by atomic mass is 32.2. The Hall–Kier alpha value is -1.83. The molecule has 0 aliphatic heterocycles. The normalized spacial score (nSPS) is 11.9. The van der Waals surface area contributed by atoms with Gasteiger partial charge in [0.15, 0.2) is 8.68 Å². The number of carbonyl (C=O) groups excluding carboxylic acids is 1. The quantitative estimate of drug-likeness (QED) is 0.535. The van der Waals surface area contributed by atoms with Gasteiger partial charge in [0.05, 0.1) is 5.25 Å². The van der Waals surface area contributed by atoms with E-state index in [0.717, 1.165) is 31.2 Å². The van der Waals surface area contributed by atoms with E-state index in [1.54, 1.807) is 11.8 Å². The molecule has 0 saturated heterocycles. The monoisotopic (exact) mass is 401 g/mol. The molecule has 4 nitrogen and oxygen atoms in total. The summed E-state index contributed by atoms with van der Waals surface area (Å²) in [4.78, 5) is 12.7. The summed E-state index contributed by atoms with van der Waals surface area (Å²) in [7, 11) is 0. The van der Waals surface area contributed by atoms with Crippen LogP contribution in [0.15, 0.2) is 63.3 Å². The van der Waals surface area contributed by atoms with Gasteiger partial charge in [-0.15, -0.1) is 10.2 Å². The van der Waals surface area contributed by atoms with Crippen molar-refractivity contribution in [2.75, 3.05) is 11.1 Å². The molecule has 1 N–H and O–H groups in total. The van der Waals surface area contributed by atoms with Crippen molar-refractivity contribution in [2.24, 2.45) is 0 Å². The van der Waals surface area contributed by atoms with Gasteiger partial charge in [-0.05, 0) is 24.3 Å². The van der Waals surface area contributed by atoms with E-state index >= 15 is 0 Å². The maximum atomic E-state index is 12.7. The number of benzene rings is 2. The first-order chi connectivity index (χ1) is 12.7. The maximum Gasteiger partial charge on any atom is 0.237 e. The van der Waals surface area contributed by atoms with Gasteiger partial charge in [0.2, 0.25) is 5.91 Å². The van der Waals surface area contributed by atoms with Gasteiger partial charge < -0.3 is 5.32 Å². The Morgan fingerprint density at radius 3 is 2.54 bits per heavy atom. The average Bonchev–Trinajstić information content (AvgIpc) is 3.10. The average molecular weight is 402 g/mol. The fraction of sp³-hybridized carbons (Fsp3) is 0.211. The molecule has 1 aromatic heterocycles. The van der Waals surface area contributed by atoms with Gasteiger partial charge in [0.1, 0.15) is 0 Å². The minimum absolute atomic E-state index is 0.0433. The summed E-state index contributed by atoms with van der Waals surface area (Å²) in [5.41, 5.74) is 2.90. The zero-order valence-corrected chi connectivity index (χ0v) is 17.0. The molecule has 0 aliphatic rings. The fourth-order valence-corrected chi connectivity index (χ4v) is 5.39. The largest absolute Gasteiger partial charge is 0.325 e. The van der Waals surface area contributed by atoms with Crippen LogP contribution in [0.5, 0.6) is 0 Å². The van der Waals surface area contributed by atoms with Crippen molar-refractivity contribution in [1.29, 1.82) is 0 Å². The van der Waals surface area contributed by atoms with Crippen LogP contribution < -0.4 is 5.32 Å². The number of thioether (sulfide) groups is 2. The van der Waals surface area contributed by atoms with Gasteiger partial charge in [0.25, 0.3) is 0 Å². The molecule has 0 aliphatic carbocycles. The van der Waals surface area contributed by atoms with Crippen LogP contribution >= 0.6 is 34.9 Å². The van der Waals surface area contributed by atoms with Crippen LogP contribution in [0.3, 0.4) is 0 Å². The number of hydrogen-bond acceptors (Lipinski definition) is 6. The topological polar surface area (TPSA) is 54.9 Å². The van der Waals surface area contributed by atoms with Crippen LogP contribution in [0.4, 0.5) is 5.69 Å². The number of nitrogens with zero attached hydrogens (tertiary/aromatic N) is 2. The third-order valence-electron chi connectivity index (χ3n) is 3.57. The minimum atomic E-state index is -0.258. The van der Waals surface area contributed by atoms with E-state index in [4.69, 9.17) is 0 Å². The van der Waals surface area contributed by atoms with Gasteiger partial charge in [-0.2, -0.15) is 0 Å². The summed E-state index contributed by atoms with van der Waals surface area (Å²) in [5.74, 6) is 0.921. The standard InChI is InChI=1S/C19H19N3OS3/c1-3-24-18-21-22-19(26-18)25-13(2)17(23)20-16-12-8-7-11-15(16)14-9-5-4-6-10-14/h4-13H,3H2,1-2H3,(H,20,23)/t13-/m0/s1. The first-order valence-electron chi connectivity index (χ1n) is 8.25. The molecule has 0 radical (unpaired) electrons. The third kappa shape index (κ3) is 4.87. The maximum absolute atomic E-state index is 12.7. The molecule has 0 spiro atoms. The van der Waals surface area contributed by atoms with Crippen molar-refractivity contribution in [2.45, 2.75) is 27.8 Å². The molecule has 3 aromatic rings. The molecule has 0 unspecified atom stereocenters. The Kier molecular flexibility index (Phi) is 6.71. The number of anilines is 1. The van der Waals surface area contributed by atoms with Gasteiger partial charge in [0, 0.05) is 11.3 Å². The summed E-state index contributed by atoms with van der Waals surface area (Å²) in [6.07, 6.45) is 0. The molecule has 134 valence electrons. The molecule has 1 heterocycles. The number of nitrogens with one attached hydrogen (secondary N) is 1. The van der Waals surface area contributed by atoms with E-state index in [1.807, 2.05) is 61.5 Å². The highest BCUT2D eigenvalue weighted by Crippen LogP contribution is 2.32. The van der Waals surface area contributed by atoms with Crippen molar-refractivity contribution in [3.8, 4) is 11.1 Å². The van der Waals surface area contributed by atoms with Crippen LogP contribution in [0.1, 0.15) is 13.8 Å². The van der Waals surface area contributed by atoms with E-state index in [1.165, 1.54) is 23.1 Å². The molecule has 0 fully saturated rings. The Morgan fingerprint density at radius 2 is 1.77 bits per heavy atom.